The number of aliphatic imine (C=N–C) groups is 3. The van der Waals surface area contributed by atoms with E-state index in [9.17, 15) is 5.21 Å². The molecule has 0 heterocycles. The molecule has 0 spiro atoms. The van der Waals surface area contributed by atoms with Crippen molar-refractivity contribution in [2.24, 2.45) is 15.0 Å². The van der Waals surface area contributed by atoms with Gasteiger partial charge in [0.25, 0.3) is 0 Å². The summed E-state index contributed by atoms with van der Waals surface area (Å²) in [4.78, 5) is 12.4. The summed E-state index contributed by atoms with van der Waals surface area (Å²) in [6.07, 6.45) is 0. The number of amidine groups is 1. The van der Waals surface area contributed by atoms with Crippen molar-refractivity contribution in [2.45, 2.75) is 6.92 Å². The zero-order chi connectivity index (χ0) is 14.4. The average Bonchev–Trinajstić information content (AvgIpc) is 2.41. The van der Waals surface area contributed by atoms with Crippen molar-refractivity contribution < 1.29 is 5.21 Å². The molecule has 0 saturated heterocycles. The molecule has 0 aliphatic heterocycles. The second-order valence-electron chi connectivity index (χ2n) is 3.55. The van der Waals surface area contributed by atoms with Crippen LogP contribution >= 0.6 is 27.5 Å². The predicted octanol–water partition coefficient (Wildman–Crippen LogP) is 3.27. The lowest BCUT2D eigenvalue weighted by Crippen LogP contribution is -2.33. The summed E-state index contributed by atoms with van der Waals surface area (Å²) in [5.41, 5.74) is 3.74. The van der Waals surface area contributed by atoms with Gasteiger partial charge in [-0.3, -0.25) is 20.7 Å². The Hall–Kier alpha value is -1.24. The van der Waals surface area contributed by atoms with Gasteiger partial charge in [0, 0.05) is 23.6 Å². The van der Waals surface area contributed by atoms with Gasteiger partial charge >= 0.3 is 0 Å². The molecule has 0 radical (unpaired) electrons. The predicted molar refractivity (Wildman–Crippen MR) is 83.6 cm³/mol. The number of hydrogen-bond donors (Lipinski definition) is 2. The Balaban J connectivity index is 3.29. The molecule has 1 rings (SSSR count). The maximum Gasteiger partial charge on any atom is 0.177 e. The van der Waals surface area contributed by atoms with Crippen LogP contribution in [0.4, 0.5) is 5.69 Å². The summed E-state index contributed by atoms with van der Waals surface area (Å²) in [6, 6.07) is 5.19. The minimum absolute atomic E-state index is 0.202. The summed E-state index contributed by atoms with van der Waals surface area (Å²) in [5, 5.41) is 9.78. The quantitative estimate of drug-likeness (QED) is 0.501. The number of rotatable bonds is 3. The first kappa shape index (κ1) is 15.8. The second kappa shape index (κ2) is 7.37. The summed E-state index contributed by atoms with van der Waals surface area (Å²) >= 11 is 9.29. The zero-order valence-corrected chi connectivity index (χ0v) is 13.1. The summed E-state index contributed by atoms with van der Waals surface area (Å²) in [6.45, 7) is 1.78. The van der Waals surface area contributed by atoms with E-state index < -0.39 is 0 Å². The summed E-state index contributed by atoms with van der Waals surface area (Å²) in [7, 11) is 3.24. The molecule has 102 valence electrons. The summed E-state index contributed by atoms with van der Waals surface area (Å²) < 4.78 is 0.756. The van der Waals surface area contributed by atoms with Gasteiger partial charge in [-0.15, -0.1) is 0 Å². The average molecular weight is 346 g/mol. The Morgan fingerprint density at radius 2 is 2.00 bits per heavy atom. The summed E-state index contributed by atoms with van der Waals surface area (Å²) in [5.74, 6) is 0.202. The van der Waals surface area contributed by atoms with Crippen LogP contribution in [0.3, 0.4) is 0 Å². The van der Waals surface area contributed by atoms with Gasteiger partial charge in [-0.05, 0) is 41.1 Å². The SMILES string of the molecule is CN=C(C)C(=NC)C(=Nc1cc(Cl)ccc1Br)NO. The standard InChI is InChI=1S/C12H14BrClN4O/c1-7(15-2)11(16-3)12(18-19)17-10-6-8(14)4-5-9(10)13/h4-6,19H,1-3H3,(H,17,18). The molecule has 0 bridgehead atoms. The molecule has 0 aromatic heterocycles. The van der Waals surface area contributed by atoms with E-state index in [4.69, 9.17) is 11.6 Å². The Bertz CT molecular complexity index is 555. The first-order chi connectivity index (χ1) is 9.03. The molecule has 0 atom stereocenters. The van der Waals surface area contributed by atoms with Crippen molar-refractivity contribution in [3.05, 3.63) is 27.7 Å². The fraction of sp³-hybridized carbons (Fsp3) is 0.250. The molecule has 0 aliphatic carbocycles. The monoisotopic (exact) mass is 344 g/mol. The van der Waals surface area contributed by atoms with E-state index in [1.807, 2.05) is 5.48 Å². The van der Waals surface area contributed by atoms with Gasteiger partial charge in [0.15, 0.2) is 5.84 Å². The fourth-order valence-electron chi connectivity index (χ4n) is 1.37. The highest BCUT2D eigenvalue weighted by Gasteiger charge is 2.12. The molecule has 0 aliphatic rings. The lowest BCUT2D eigenvalue weighted by Gasteiger charge is -2.08. The van der Waals surface area contributed by atoms with E-state index in [1.54, 1.807) is 39.2 Å². The third-order valence-electron chi connectivity index (χ3n) is 2.37. The Kier molecular flexibility index (Phi) is 6.14. The third kappa shape index (κ3) is 4.12. The van der Waals surface area contributed by atoms with Crippen LogP contribution in [0, 0.1) is 0 Å². The highest BCUT2D eigenvalue weighted by atomic mass is 79.9. The van der Waals surface area contributed by atoms with Crippen molar-refractivity contribution in [1.82, 2.24) is 5.48 Å². The van der Waals surface area contributed by atoms with E-state index in [1.165, 1.54) is 0 Å². The molecule has 0 fully saturated rings. The van der Waals surface area contributed by atoms with Crippen LogP contribution in [0.5, 0.6) is 0 Å². The molecule has 0 amide bonds. The minimum atomic E-state index is 0.202. The lowest BCUT2D eigenvalue weighted by molar-refractivity contribution is 0.237. The number of halogens is 2. The molecule has 19 heavy (non-hydrogen) atoms. The normalized spacial score (nSPS) is 13.7. The second-order valence-corrected chi connectivity index (χ2v) is 4.84. The van der Waals surface area contributed by atoms with Crippen molar-refractivity contribution in [3.8, 4) is 0 Å². The van der Waals surface area contributed by atoms with Crippen molar-refractivity contribution in [2.75, 3.05) is 14.1 Å². The van der Waals surface area contributed by atoms with E-state index in [0.29, 0.717) is 22.1 Å². The van der Waals surface area contributed by atoms with E-state index >= 15 is 0 Å². The Morgan fingerprint density at radius 3 is 2.53 bits per heavy atom. The van der Waals surface area contributed by atoms with Gasteiger partial charge in [-0.1, -0.05) is 11.6 Å². The highest BCUT2D eigenvalue weighted by Crippen LogP contribution is 2.28. The van der Waals surface area contributed by atoms with Gasteiger partial charge < -0.3 is 0 Å². The molecule has 5 nitrogen and oxygen atoms in total. The third-order valence-corrected chi connectivity index (χ3v) is 3.28. The van der Waals surface area contributed by atoms with Crippen molar-refractivity contribution in [3.63, 3.8) is 0 Å². The van der Waals surface area contributed by atoms with Crippen molar-refractivity contribution in [1.29, 1.82) is 0 Å². The number of benzene rings is 1. The number of nitrogens with zero attached hydrogens (tertiary/aromatic N) is 3. The van der Waals surface area contributed by atoms with Gasteiger partial charge in [-0.25, -0.2) is 4.99 Å². The fourth-order valence-corrected chi connectivity index (χ4v) is 1.87. The maximum atomic E-state index is 9.23. The molecular formula is C12H14BrClN4O. The molecule has 0 unspecified atom stereocenters. The smallest absolute Gasteiger partial charge is 0.177 e. The lowest BCUT2D eigenvalue weighted by atomic mass is 10.2. The van der Waals surface area contributed by atoms with Gasteiger partial charge in [0.05, 0.1) is 11.4 Å². The Labute approximate surface area is 125 Å². The van der Waals surface area contributed by atoms with Crippen LogP contribution in [-0.4, -0.2) is 36.6 Å². The van der Waals surface area contributed by atoms with Crippen molar-refractivity contribution >= 4 is 50.5 Å². The largest absolute Gasteiger partial charge is 0.291 e. The molecule has 0 saturated carbocycles. The van der Waals surface area contributed by atoms with Gasteiger partial charge in [-0.2, -0.15) is 0 Å². The van der Waals surface area contributed by atoms with Crippen LogP contribution in [0.2, 0.25) is 5.02 Å². The van der Waals surface area contributed by atoms with E-state index in [0.717, 1.165) is 4.47 Å². The minimum Gasteiger partial charge on any atom is -0.291 e. The topological polar surface area (TPSA) is 69.3 Å². The number of hydroxylamine groups is 1. The Morgan fingerprint density at radius 1 is 1.32 bits per heavy atom. The van der Waals surface area contributed by atoms with Crippen LogP contribution < -0.4 is 5.48 Å². The zero-order valence-electron chi connectivity index (χ0n) is 10.8. The van der Waals surface area contributed by atoms with Crippen LogP contribution in [-0.2, 0) is 0 Å². The first-order valence-electron chi connectivity index (χ1n) is 5.38. The molecule has 7 heteroatoms. The molecule has 1 aromatic rings. The molecule has 2 N–H and O–H groups in total. The number of nitrogens with one attached hydrogen (secondary N) is 1. The first-order valence-corrected chi connectivity index (χ1v) is 6.55. The van der Waals surface area contributed by atoms with Crippen LogP contribution in [0.1, 0.15) is 6.92 Å². The maximum absolute atomic E-state index is 9.23. The van der Waals surface area contributed by atoms with E-state index in [2.05, 4.69) is 30.9 Å². The van der Waals surface area contributed by atoms with Gasteiger partial charge in [0.1, 0.15) is 5.71 Å². The number of hydrogen-bond acceptors (Lipinski definition) is 4. The van der Waals surface area contributed by atoms with Crippen LogP contribution in [0.25, 0.3) is 0 Å². The highest BCUT2D eigenvalue weighted by molar-refractivity contribution is 9.10. The van der Waals surface area contributed by atoms with Gasteiger partial charge in [0.2, 0.25) is 0 Å². The van der Waals surface area contributed by atoms with Crippen LogP contribution in [0.15, 0.2) is 37.6 Å². The molecule has 1 aromatic carbocycles. The molecular weight excluding hydrogens is 332 g/mol. The van der Waals surface area contributed by atoms with E-state index in [-0.39, 0.29) is 5.84 Å².